The Labute approximate surface area is 157 Å². The van der Waals surface area contributed by atoms with Crippen molar-refractivity contribution < 1.29 is 5.11 Å². The molecule has 0 spiro atoms. The molecule has 1 heterocycles. The van der Waals surface area contributed by atoms with Crippen molar-refractivity contribution in [2.75, 3.05) is 6.54 Å². The van der Waals surface area contributed by atoms with E-state index >= 15 is 0 Å². The van der Waals surface area contributed by atoms with Gasteiger partial charge in [-0.15, -0.1) is 0 Å². The number of hydrogen-bond acceptors (Lipinski definition) is 3. The van der Waals surface area contributed by atoms with Gasteiger partial charge in [0.05, 0.1) is 24.5 Å². The van der Waals surface area contributed by atoms with Crippen LogP contribution >= 0.6 is 0 Å². The van der Waals surface area contributed by atoms with Crippen molar-refractivity contribution in [1.29, 1.82) is 0 Å². The van der Waals surface area contributed by atoms with Crippen LogP contribution in [0.15, 0.2) is 4.99 Å². The molecule has 0 aromatic heterocycles. The molecular weight excluding hydrogens is 308 g/mol. The smallest absolute Gasteiger partial charge is 0.0996 e. The average molecular weight is 353 g/mol. The van der Waals surface area contributed by atoms with E-state index in [2.05, 4.69) is 24.2 Å². The third kappa shape index (κ3) is 10.9. The number of aliphatic hydroxyl groups is 1. The van der Waals surface area contributed by atoms with E-state index in [1.807, 2.05) is 6.92 Å². The third-order valence-electron chi connectivity index (χ3n) is 5.58. The van der Waals surface area contributed by atoms with Gasteiger partial charge in [-0.1, -0.05) is 97.3 Å². The number of nitrogens with zero attached hydrogens (tertiary/aromatic N) is 1. The Morgan fingerprint density at radius 3 is 1.80 bits per heavy atom. The summed E-state index contributed by atoms with van der Waals surface area (Å²) in [6, 6.07) is 0.129. The number of amidine groups is 1. The van der Waals surface area contributed by atoms with Crippen LogP contribution in [0.3, 0.4) is 0 Å². The molecule has 3 heteroatoms. The van der Waals surface area contributed by atoms with Gasteiger partial charge in [0.1, 0.15) is 0 Å². The van der Waals surface area contributed by atoms with Crippen molar-refractivity contribution in [3.63, 3.8) is 0 Å². The molecule has 0 fully saturated rings. The first-order valence-corrected chi connectivity index (χ1v) is 11.1. The van der Waals surface area contributed by atoms with Crippen LogP contribution in [0.25, 0.3) is 0 Å². The normalized spacial score (nSPS) is 19.5. The summed E-state index contributed by atoms with van der Waals surface area (Å²) in [5.41, 5.74) is 0. The first kappa shape index (κ1) is 22.5. The fourth-order valence-electron chi connectivity index (χ4n) is 3.65. The molecule has 3 nitrogen and oxygen atoms in total. The van der Waals surface area contributed by atoms with Gasteiger partial charge in [0.2, 0.25) is 0 Å². The predicted molar refractivity (Wildman–Crippen MR) is 110 cm³/mol. The molecule has 0 amide bonds. The number of nitrogens with one attached hydrogen (secondary N) is 1. The summed E-state index contributed by atoms with van der Waals surface area (Å²) in [6.07, 6.45) is 19.2. The lowest BCUT2D eigenvalue weighted by Crippen LogP contribution is -2.40. The first-order valence-electron chi connectivity index (χ1n) is 11.1. The van der Waals surface area contributed by atoms with Gasteiger partial charge in [0.15, 0.2) is 0 Å². The molecule has 148 valence electrons. The second kappa shape index (κ2) is 14.6. The molecule has 0 saturated carbocycles. The van der Waals surface area contributed by atoms with Crippen LogP contribution in [0.5, 0.6) is 0 Å². The molecule has 0 aromatic rings. The van der Waals surface area contributed by atoms with Gasteiger partial charge < -0.3 is 10.4 Å². The van der Waals surface area contributed by atoms with Crippen molar-refractivity contribution in [3.8, 4) is 0 Å². The highest BCUT2D eigenvalue weighted by Gasteiger charge is 2.24. The van der Waals surface area contributed by atoms with E-state index in [1.54, 1.807) is 0 Å². The van der Waals surface area contributed by atoms with Crippen LogP contribution in [-0.4, -0.2) is 29.6 Å². The minimum Gasteiger partial charge on any atom is -0.391 e. The number of aliphatic hydroxyl groups excluding tert-OH is 1. The Kier molecular flexibility index (Phi) is 13.1. The largest absolute Gasteiger partial charge is 0.391 e. The summed E-state index contributed by atoms with van der Waals surface area (Å²) in [7, 11) is 0. The summed E-state index contributed by atoms with van der Waals surface area (Å²) in [6.45, 7) is 7.12. The molecule has 0 radical (unpaired) electrons. The third-order valence-corrected chi connectivity index (χ3v) is 5.58. The highest BCUT2D eigenvalue weighted by molar-refractivity contribution is 5.86. The summed E-state index contributed by atoms with van der Waals surface area (Å²) >= 11 is 0. The van der Waals surface area contributed by atoms with Crippen LogP contribution in [0.2, 0.25) is 0 Å². The first-order chi connectivity index (χ1) is 12.1. The zero-order chi connectivity index (χ0) is 18.3. The lowest BCUT2D eigenvalue weighted by atomic mass is 10.00. The molecule has 0 saturated heterocycles. The minimum atomic E-state index is -0.315. The van der Waals surface area contributed by atoms with Crippen molar-refractivity contribution in [2.45, 2.75) is 123 Å². The van der Waals surface area contributed by atoms with Crippen LogP contribution in [0.4, 0.5) is 0 Å². The van der Waals surface area contributed by atoms with Gasteiger partial charge in [0.25, 0.3) is 0 Å². The van der Waals surface area contributed by atoms with Crippen molar-refractivity contribution in [2.24, 2.45) is 10.9 Å². The number of hydrogen-bond donors (Lipinski definition) is 2. The maximum Gasteiger partial charge on any atom is 0.0996 e. The SMILES string of the molecule is CCCCCCCCCCCCCCCC(C)C1=NCC(C(C)O)N1. The molecule has 3 atom stereocenters. The van der Waals surface area contributed by atoms with Gasteiger partial charge >= 0.3 is 0 Å². The second-order valence-corrected chi connectivity index (χ2v) is 8.15. The van der Waals surface area contributed by atoms with Crippen molar-refractivity contribution in [3.05, 3.63) is 0 Å². The Morgan fingerprint density at radius 1 is 0.880 bits per heavy atom. The van der Waals surface area contributed by atoms with E-state index < -0.39 is 0 Å². The molecule has 1 aliphatic rings. The van der Waals surface area contributed by atoms with Gasteiger partial charge in [-0.2, -0.15) is 0 Å². The fraction of sp³-hybridized carbons (Fsp3) is 0.955. The van der Waals surface area contributed by atoms with Crippen LogP contribution in [-0.2, 0) is 0 Å². The second-order valence-electron chi connectivity index (χ2n) is 8.15. The van der Waals surface area contributed by atoms with Gasteiger partial charge in [-0.3, -0.25) is 4.99 Å². The highest BCUT2D eigenvalue weighted by atomic mass is 16.3. The standard InChI is InChI=1S/C22H44N2O/c1-4-5-6-7-8-9-10-11-12-13-14-15-16-17-19(2)22-23-18-21(24-22)20(3)25/h19-21,25H,4-18H2,1-3H3,(H,23,24). The fourth-order valence-corrected chi connectivity index (χ4v) is 3.65. The molecule has 1 aliphatic heterocycles. The lowest BCUT2D eigenvalue weighted by molar-refractivity contribution is 0.161. The quantitative estimate of drug-likeness (QED) is 0.342. The summed E-state index contributed by atoms with van der Waals surface area (Å²) in [4.78, 5) is 4.56. The van der Waals surface area contributed by atoms with Gasteiger partial charge in [0, 0.05) is 5.92 Å². The highest BCUT2D eigenvalue weighted by Crippen LogP contribution is 2.17. The summed E-state index contributed by atoms with van der Waals surface area (Å²) < 4.78 is 0. The van der Waals surface area contributed by atoms with E-state index in [-0.39, 0.29) is 12.1 Å². The minimum absolute atomic E-state index is 0.129. The monoisotopic (exact) mass is 352 g/mol. The van der Waals surface area contributed by atoms with E-state index in [0.29, 0.717) is 5.92 Å². The molecule has 2 N–H and O–H groups in total. The maximum atomic E-state index is 9.61. The number of aliphatic imine (C=N–C) groups is 1. The molecule has 0 aliphatic carbocycles. The zero-order valence-corrected chi connectivity index (χ0v) is 17.2. The summed E-state index contributed by atoms with van der Waals surface area (Å²) in [5.74, 6) is 1.63. The van der Waals surface area contributed by atoms with Crippen molar-refractivity contribution in [1.82, 2.24) is 5.32 Å². The number of unbranched alkanes of at least 4 members (excludes halogenated alkanes) is 12. The van der Waals surface area contributed by atoms with Gasteiger partial charge in [-0.25, -0.2) is 0 Å². The predicted octanol–water partition coefficient (Wildman–Crippen LogP) is 5.85. The van der Waals surface area contributed by atoms with E-state index in [0.717, 1.165) is 12.4 Å². The zero-order valence-electron chi connectivity index (χ0n) is 17.2. The Bertz CT molecular complexity index is 341. The topological polar surface area (TPSA) is 44.6 Å². The van der Waals surface area contributed by atoms with Crippen LogP contribution in [0.1, 0.15) is 111 Å². The molecule has 1 rings (SSSR count). The molecular formula is C22H44N2O. The van der Waals surface area contributed by atoms with E-state index in [9.17, 15) is 5.11 Å². The Hall–Kier alpha value is -0.570. The van der Waals surface area contributed by atoms with Gasteiger partial charge in [-0.05, 0) is 13.3 Å². The Balaban J connectivity index is 1.84. The summed E-state index contributed by atoms with van der Waals surface area (Å²) in [5, 5.41) is 13.0. The lowest BCUT2D eigenvalue weighted by Gasteiger charge is -2.17. The molecule has 0 bridgehead atoms. The Morgan fingerprint density at radius 2 is 1.36 bits per heavy atom. The van der Waals surface area contributed by atoms with Crippen LogP contribution in [0, 0.1) is 5.92 Å². The van der Waals surface area contributed by atoms with E-state index in [4.69, 9.17) is 0 Å². The number of rotatable bonds is 16. The molecule has 3 unspecified atom stereocenters. The van der Waals surface area contributed by atoms with Crippen LogP contribution < -0.4 is 5.32 Å². The molecule has 25 heavy (non-hydrogen) atoms. The molecule has 0 aromatic carbocycles. The van der Waals surface area contributed by atoms with Crippen molar-refractivity contribution >= 4 is 5.84 Å². The maximum absolute atomic E-state index is 9.61. The van der Waals surface area contributed by atoms with E-state index in [1.165, 1.54) is 89.9 Å². The average Bonchev–Trinajstić information content (AvgIpc) is 3.09.